The highest BCUT2D eigenvalue weighted by molar-refractivity contribution is 8.00. The van der Waals surface area contributed by atoms with Crippen LogP contribution < -0.4 is 0 Å². The van der Waals surface area contributed by atoms with Gasteiger partial charge in [-0.1, -0.05) is 24.9 Å². The van der Waals surface area contributed by atoms with Crippen molar-refractivity contribution in [3.05, 3.63) is 12.2 Å². The third-order valence-electron chi connectivity index (χ3n) is 3.18. The highest BCUT2D eigenvalue weighted by Crippen LogP contribution is 2.49. The lowest BCUT2D eigenvalue weighted by Gasteiger charge is -2.31. The van der Waals surface area contributed by atoms with Crippen LogP contribution in [-0.4, -0.2) is 29.9 Å². The lowest BCUT2D eigenvalue weighted by Crippen LogP contribution is -2.38. The molecule has 2 unspecified atom stereocenters. The summed E-state index contributed by atoms with van der Waals surface area (Å²) in [5.41, 5.74) is 0.0712. The Bertz CT molecular complexity index is 251. The Labute approximate surface area is 96.9 Å². The normalized spacial score (nSPS) is 30.3. The van der Waals surface area contributed by atoms with Gasteiger partial charge in [0.2, 0.25) is 0 Å². The number of carboxylic acid groups (broad SMARTS) is 1. The molecule has 2 radical (unpaired) electrons. The van der Waals surface area contributed by atoms with E-state index in [9.17, 15) is 9.90 Å². The molecule has 1 N–H and O–H groups in total. The summed E-state index contributed by atoms with van der Waals surface area (Å²) in [5.74, 6) is 0.191. The fourth-order valence-electron chi connectivity index (χ4n) is 2.21. The van der Waals surface area contributed by atoms with Crippen molar-refractivity contribution < 1.29 is 9.90 Å². The fourth-order valence-corrected chi connectivity index (χ4v) is 3.98. The number of hydrogen-bond acceptors (Lipinski definition) is 2. The molecular weight excluding hydrogens is 207 g/mol. The number of aliphatic carboxylic acids is 1. The molecule has 1 rings (SSSR count). The molecule has 0 aromatic heterocycles. The van der Waals surface area contributed by atoms with Crippen molar-refractivity contribution in [2.24, 2.45) is 5.41 Å². The predicted octanol–water partition coefficient (Wildman–Crippen LogP) is 2.51. The molecule has 1 fully saturated rings. The molecule has 2 atom stereocenters. The molecule has 0 aromatic rings. The van der Waals surface area contributed by atoms with Crippen molar-refractivity contribution in [2.75, 3.05) is 5.75 Å². The molecule has 15 heavy (non-hydrogen) atoms. The van der Waals surface area contributed by atoms with Crippen molar-refractivity contribution in [3.8, 4) is 0 Å². The van der Waals surface area contributed by atoms with E-state index in [0.29, 0.717) is 12.7 Å². The highest BCUT2D eigenvalue weighted by Gasteiger charge is 2.49. The van der Waals surface area contributed by atoms with E-state index >= 15 is 0 Å². The van der Waals surface area contributed by atoms with E-state index < -0.39 is 11.4 Å². The number of carboxylic acids is 1. The standard InChI is InChI=1S/C11H17BO2S/c1-8(2)11(10(13)14)5-7-15-9(11)4-3-6-12/h9H,1,3-7H2,2H3,(H,13,14). The number of hydrogen-bond donors (Lipinski definition) is 1. The third kappa shape index (κ3) is 2.25. The second kappa shape index (κ2) is 5.11. The third-order valence-corrected chi connectivity index (χ3v) is 4.66. The first-order valence-electron chi connectivity index (χ1n) is 5.26. The molecule has 82 valence electrons. The Morgan fingerprint density at radius 3 is 2.87 bits per heavy atom. The number of thioether (sulfide) groups is 1. The van der Waals surface area contributed by atoms with Crippen LogP contribution in [0.5, 0.6) is 0 Å². The van der Waals surface area contributed by atoms with Gasteiger partial charge in [0, 0.05) is 5.25 Å². The summed E-state index contributed by atoms with van der Waals surface area (Å²) in [5, 5.41) is 9.55. The van der Waals surface area contributed by atoms with Crippen molar-refractivity contribution >= 4 is 25.6 Å². The monoisotopic (exact) mass is 224 g/mol. The highest BCUT2D eigenvalue weighted by atomic mass is 32.2. The van der Waals surface area contributed by atoms with Crippen LogP contribution in [0.3, 0.4) is 0 Å². The summed E-state index contributed by atoms with van der Waals surface area (Å²) in [4.78, 5) is 11.4. The van der Waals surface area contributed by atoms with Crippen LogP contribution in [0.1, 0.15) is 26.2 Å². The van der Waals surface area contributed by atoms with Crippen LogP contribution >= 0.6 is 11.8 Å². The van der Waals surface area contributed by atoms with Crippen molar-refractivity contribution in [3.63, 3.8) is 0 Å². The van der Waals surface area contributed by atoms with Gasteiger partial charge in [0.25, 0.3) is 0 Å². The molecule has 1 heterocycles. The molecule has 2 nitrogen and oxygen atoms in total. The SMILES string of the molecule is [B]CCCC1SCCC1(C(=C)C)C(=O)O. The summed E-state index contributed by atoms with van der Waals surface area (Å²) < 4.78 is 0. The van der Waals surface area contributed by atoms with E-state index in [1.165, 1.54) is 0 Å². The Balaban J connectivity index is 2.85. The van der Waals surface area contributed by atoms with E-state index in [-0.39, 0.29) is 5.25 Å². The average Bonchev–Trinajstić information content (AvgIpc) is 2.58. The van der Waals surface area contributed by atoms with Gasteiger partial charge in [0.1, 0.15) is 5.41 Å². The molecule has 1 aliphatic heterocycles. The van der Waals surface area contributed by atoms with Crippen LogP contribution in [0.15, 0.2) is 12.2 Å². The zero-order chi connectivity index (χ0) is 11.5. The maximum atomic E-state index is 11.4. The van der Waals surface area contributed by atoms with Gasteiger partial charge in [0.15, 0.2) is 0 Å². The van der Waals surface area contributed by atoms with Gasteiger partial charge in [-0.3, -0.25) is 4.79 Å². The van der Waals surface area contributed by atoms with Crippen molar-refractivity contribution in [1.29, 1.82) is 0 Å². The first-order chi connectivity index (χ1) is 7.05. The Morgan fingerprint density at radius 1 is 1.73 bits per heavy atom. The topological polar surface area (TPSA) is 37.3 Å². The maximum absolute atomic E-state index is 11.4. The minimum absolute atomic E-state index is 0.149. The molecule has 0 bridgehead atoms. The molecule has 4 heteroatoms. The molecular formula is C11H17BO2S. The van der Waals surface area contributed by atoms with Crippen molar-refractivity contribution in [1.82, 2.24) is 0 Å². The van der Waals surface area contributed by atoms with Crippen LogP contribution in [0.2, 0.25) is 6.32 Å². The van der Waals surface area contributed by atoms with Gasteiger partial charge in [-0.15, -0.1) is 0 Å². The van der Waals surface area contributed by atoms with Crippen LogP contribution in [-0.2, 0) is 4.79 Å². The molecule has 1 saturated heterocycles. The first kappa shape index (κ1) is 12.7. The quantitative estimate of drug-likeness (QED) is 0.575. The Morgan fingerprint density at radius 2 is 2.40 bits per heavy atom. The zero-order valence-corrected chi connectivity index (χ0v) is 9.98. The number of rotatable bonds is 5. The molecule has 0 aromatic carbocycles. The molecule has 0 amide bonds. The smallest absolute Gasteiger partial charge is 0.314 e. The minimum atomic E-state index is -0.720. The van der Waals surface area contributed by atoms with Gasteiger partial charge in [-0.2, -0.15) is 11.8 Å². The van der Waals surface area contributed by atoms with E-state index in [0.717, 1.165) is 24.2 Å². The van der Waals surface area contributed by atoms with Gasteiger partial charge < -0.3 is 5.11 Å². The minimum Gasteiger partial charge on any atom is -0.481 e. The Kier molecular flexibility index (Phi) is 4.32. The molecule has 0 spiro atoms. The van der Waals surface area contributed by atoms with E-state index in [2.05, 4.69) is 6.58 Å². The van der Waals surface area contributed by atoms with E-state index in [1.54, 1.807) is 11.8 Å². The van der Waals surface area contributed by atoms with Crippen LogP contribution in [0.25, 0.3) is 0 Å². The summed E-state index contributed by atoms with van der Waals surface area (Å²) in [6.45, 7) is 5.69. The first-order valence-corrected chi connectivity index (χ1v) is 6.31. The lowest BCUT2D eigenvalue weighted by atomic mass is 9.74. The molecule has 0 saturated carbocycles. The summed E-state index contributed by atoms with van der Waals surface area (Å²) >= 11 is 1.75. The van der Waals surface area contributed by atoms with Crippen molar-refractivity contribution in [2.45, 2.75) is 37.8 Å². The summed E-state index contributed by atoms with van der Waals surface area (Å²) in [7, 11) is 5.47. The van der Waals surface area contributed by atoms with Gasteiger partial charge in [0.05, 0.1) is 7.85 Å². The van der Waals surface area contributed by atoms with E-state index in [4.69, 9.17) is 7.85 Å². The van der Waals surface area contributed by atoms with Gasteiger partial charge >= 0.3 is 5.97 Å². The second-order valence-corrected chi connectivity index (χ2v) is 5.41. The van der Waals surface area contributed by atoms with Crippen LogP contribution in [0.4, 0.5) is 0 Å². The maximum Gasteiger partial charge on any atom is 0.314 e. The largest absolute Gasteiger partial charge is 0.481 e. The number of carbonyl (C=O) groups is 1. The predicted molar refractivity (Wildman–Crippen MR) is 65.5 cm³/mol. The van der Waals surface area contributed by atoms with E-state index in [1.807, 2.05) is 6.92 Å². The average molecular weight is 224 g/mol. The van der Waals surface area contributed by atoms with Crippen LogP contribution in [0, 0.1) is 5.41 Å². The van der Waals surface area contributed by atoms with Gasteiger partial charge in [-0.05, 0) is 25.5 Å². The van der Waals surface area contributed by atoms with Gasteiger partial charge in [-0.25, -0.2) is 0 Å². The Hall–Kier alpha value is -0.375. The molecule has 1 aliphatic rings. The lowest BCUT2D eigenvalue weighted by molar-refractivity contribution is -0.146. The second-order valence-electron chi connectivity index (χ2n) is 4.10. The summed E-state index contributed by atoms with van der Waals surface area (Å²) in [6.07, 6.45) is 3.10. The summed E-state index contributed by atoms with van der Waals surface area (Å²) in [6, 6.07) is 0. The zero-order valence-electron chi connectivity index (χ0n) is 9.16. The molecule has 0 aliphatic carbocycles. The fraction of sp³-hybridized carbons (Fsp3) is 0.727.